The Morgan fingerprint density at radius 1 is 1.41 bits per heavy atom. The van der Waals surface area contributed by atoms with Crippen LogP contribution in [0.1, 0.15) is 45.3 Å². The second-order valence-electron chi connectivity index (χ2n) is 5.12. The van der Waals surface area contributed by atoms with Gasteiger partial charge >= 0.3 is 0 Å². The van der Waals surface area contributed by atoms with Gasteiger partial charge in [-0.2, -0.15) is 4.98 Å². The minimum absolute atomic E-state index is 0.277. The number of rotatable bonds is 3. The number of morpholine rings is 1. The molecule has 2 heterocycles. The van der Waals surface area contributed by atoms with Crippen LogP contribution in [0.5, 0.6) is 0 Å². The molecule has 0 saturated carbocycles. The first-order valence-electron chi connectivity index (χ1n) is 6.24. The van der Waals surface area contributed by atoms with Crippen LogP contribution in [0, 0.1) is 0 Å². The number of ether oxygens (including phenoxy) is 1. The van der Waals surface area contributed by atoms with Gasteiger partial charge in [0, 0.05) is 18.5 Å². The van der Waals surface area contributed by atoms with Crippen molar-refractivity contribution in [2.45, 2.75) is 52.3 Å². The summed E-state index contributed by atoms with van der Waals surface area (Å²) in [5.41, 5.74) is 0. The molecule has 0 spiro atoms. The van der Waals surface area contributed by atoms with Gasteiger partial charge in [-0.15, -0.1) is 0 Å². The summed E-state index contributed by atoms with van der Waals surface area (Å²) < 4.78 is 10.9. The average molecular weight is 239 g/mol. The molecule has 0 bridgehead atoms. The van der Waals surface area contributed by atoms with Crippen molar-refractivity contribution in [2.75, 3.05) is 13.2 Å². The van der Waals surface area contributed by atoms with E-state index in [4.69, 9.17) is 9.26 Å². The van der Waals surface area contributed by atoms with E-state index in [9.17, 15) is 0 Å². The molecule has 96 valence electrons. The Morgan fingerprint density at radius 3 is 2.82 bits per heavy atom. The molecule has 1 aliphatic rings. The van der Waals surface area contributed by atoms with E-state index in [1.54, 1.807) is 0 Å². The molecule has 0 amide bonds. The van der Waals surface area contributed by atoms with Crippen LogP contribution in [0.25, 0.3) is 0 Å². The predicted molar refractivity (Wildman–Crippen MR) is 63.7 cm³/mol. The number of aromatic nitrogens is 2. The maximum absolute atomic E-state index is 5.59. The molecule has 5 heteroatoms. The fraction of sp³-hybridized carbons (Fsp3) is 0.833. The molecule has 0 unspecified atom stereocenters. The zero-order valence-electron chi connectivity index (χ0n) is 11.0. The van der Waals surface area contributed by atoms with Crippen molar-refractivity contribution < 1.29 is 9.26 Å². The summed E-state index contributed by atoms with van der Waals surface area (Å²) in [4.78, 5) is 6.73. The van der Waals surface area contributed by atoms with Gasteiger partial charge in [-0.3, -0.25) is 4.90 Å². The Balaban J connectivity index is 1.98. The third-order valence-corrected chi connectivity index (χ3v) is 3.08. The standard InChI is InChI=1S/C12H21N3O2/c1-8(2)12-13-11(17-14-12)6-15-5-10(4)16-7-9(15)3/h8-10H,5-7H2,1-4H3/t9-,10-/m0/s1. The number of nitrogens with zero attached hydrogens (tertiary/aromatic N) is 3. The van der Waals surface area contributed by atoms with Gasteiger partial charge < -0.3 is 9.26 Å². The number of hydrogen-bond acceptors (Lipinski definition) is 5. The van der Waals surface area contributed by atoms with E-state index in [0.717, 1.165) is 19.0 Å². The summed E-state index contributed by atoms with van der Waals surface area (Å²) in [5, 5.41) is 3.98. The van der Waals surface area contributed by atoms with E-state index in [0.29, 0.717) is 24.4 Å². The lowest BCUT2D eigenvalue weighted by atomic mass is 10.2. The first kappa shape index (κ1) is 12.5. The predicted octanol–water partition coefficient (Wildman–Crippen LogP) is 1.80. The van der Waals surface area contributed by atoms with Gasteiger partial charge in [0.1, 0.15) is 0 Å². The summed E-state index contributed by atoms with van der Waals surface area (Å²) in [5.74, 6) is 1.80. The number of hydrogen-bond donors (Lipinski definition) is 0. The maximum Gasteiger partial charge on any atom is 0.240 e. The molecule has 2 atom stereocenters. The van der Waals surface area contributed by atoms with Gasteiger partial charge in [-0.05, 0) is 13.8 Å². The molecule has 1 aromatic rings. The van der Waals surface area contributed by atoms with Crippen molar-refractivity contribution in [3.05, 3.63) is 11.7 Å². The molecule has 0 N–H and O–H groups in total. The molecule has 2 rings (SSSR count). The molecular weight excluding hydrogens is 218 g/mol. The lowest BCUT2D eigenvalue weighted by molar-refractivity contribution is -0.0555. The third kappa shape index (κ3) is 3.04. The Bertz CT molecular complexity index is 364. The molecule has 1 fully saturated rings. The first-order chi connectivity index (χ1) is 8.06. The summed E-state index contributed by atoms with van der Waals surface area (Å²) in [6, 6.07) is 0.403. The third-order valence-electron chi connectivity index (χ3n) is 3.08. The molecule has 1 aromatic heterocycles. The summed E-state index contributed by atoms with van der Waals surface area (Å²) >= 11 is 0. The van der Waals surface area contributed by atoms with Gasteiger partial charge in [-0.25, -0.2) is 0 Å². The molecular formula is C12H21N3O2. The second kappa shape index (κ2) is 5.14. The van der Waals surface area contributed by atoms with Crippen molar-refractivity contribution in [3.8, 4) is 0 Å². The highest BCUT2D eigenvalue weighted by Crippen LogP contribution is 2.16. The molecule has 1 aliphatic heterocycles. The molecule has 5 nitrogen and oxygen atoms in total. The Kier molecular flexibility index (Phi) is 3.79. The fourth-order valence-electron chi connectivity index (χ4n) is 1.93. The highest BCUT2D eigenvalue weighted by molar-refractivity contribution is 4.92. The SMILES string of the molecule is CC(C)c1noc(CN2C[C@H](C)OC[C@@H]2C)n1. The topological polar surface area (TPSA) is 51.4 Å². The van der Waals surface area contributed by atoms with Crippen LogP contribution in [0.4, 0.5) is 0 Å². The molecule has 17 heavy (non-hydrogen) atoms. The zero-order chi connectivity index (χ0) is 12.4. The maximum atomic E-state index is 5.59. The highest BCUT2D eigenvalue weighted by atomic mass is 16.5. The first-order valence-corrected chi connectivity index (χ1v) is 6.24. The van der Waals surface area contributed by atoms with Crippen LogP contribution in [0.3, 0.4) is 0 Å². The van der Waals surface area contributed by atoms with Gasteiger partial charge in [0.25, 0.3) is 0 Å². The summed E-state index contributed by atoms with van der Waals surface area (Å²) in [7, 11) is 0. The molecule has 1 saturated heterocycles. The van der Waals surface area contributed by atoms with E-state index in [1.165, 1.54) is 0 Å². The second-order valence-corrected chi connectivity index (χ2v) is 5.12. The monoisotopic (exact) mass is 239 g/mol. The van der Waals surface area contributed by atoms with Gasteiger partial charge in [0.05, 0.1) is 19.3 Å². The van der Waals surface area contributed by atoms with Crippen LogP contribution in [0.2, 0.25) is 0 Å². The minimum atomic E-state index is 0.277. The molecule has 0 radical (unpaired) electrons. The lowest BCUT2D eigenvalue weighted by Crippen LogP contribution is -2.46. The smallest absolute Gasteiger partial charge is 0.240 e. The normalized spacial score (nSPS) is 26.6. The van der Waals surface area contributed by atoms with E-state index in [1.807, 2.05) is 0 Å². The lowest BCUT2D eigenvalue weighted by Gasteiger charge is -2.35. The van der Waals surface area contributed by atoms with Gasteiger partial charge in [0.15, 0.2) is 5.82 Å². The van der Waals surface area contributed by atoms with E-state index in [2.05, 4.69) is 42.7 Å². The van der Waals surface area contributed by atoms with Gasteiger partial charge in [0.2, 0.25) is 5.89 Å². The van der Waals surface area contributed by atoms with Crippen molar-refractivity contribution in [3.63, 3.8) is 0 Å². The average Bonchev–Trinajstić information content (AvgIpc) is 2.72. The minimum Gasteiger partial charge on any atom is -0.376 e. The Labute approximate surface area is 102 Å². The Morgan fingerprint density at radius 2 is 2.18 bits per heavy atom. The van der Waals surface area contributed by atoms with Crippen LogP contribution in [0.15, 0.2) is 4.52 Å². The van der Waals surface area contributed by atoms with Crippen LogP contribution in [-0.2, 0) is 11.3 Å². The quantitative estimate of drug-likeness (QED) is 0.805. The van der Waals surface area contributed by atoms with Crippen LogP contribution in [-0.4, -0.2) is 40.3 Å². The summed E-state index contributed by atoms with van der Waals surface area (Å²) in [6.07, 6.45) is 0.277. The van der Waals surface area contributed by atoms with E-state index < -0.39 is 0 Å². The highest BCUT2D eigenvalue weighted by Gasteiger charge is 2.25. The van der Waals surface area contributed by atoms with Crippen LogP contribution < -0.4 is 0 Å². The van der Waals surface area contributed by atoms with Crippen molar-refractivity contribution >= 4 is 0 Å². The van der Waals surface area contributed by atoms with Gasteiger partial charge in [-0.1, -0.05) is 19.0 Å². The summed E-state index contributed by atoms with van der Waals surface area (Å²) in [6.45, 7) is 10.8. The zero-order valence-corrected chi connectivity index (χ0v) is 11.0. The largest absolute Gasteiger partial charge is 0.376 e. The fourth-order valence-corrected chi connectivity index (χ4v) is 1.93. The Hall–Kier alpha value is -0.940. The van der Waals surface area contributed by atoms with Crippen molar-refractivity contribution in [2.24, 2.45) is 0 Å². The van der Waals surface area contributed by atoms with Crippen molar-refractivity contribution in [1.82, 2.24) is 15.0 Å². The van der Waals surface area contributed by atoms with E-state index >= 15 is 0 Å². The molecule has 0 aliphatic carbocycles. The van der Waals surface area contributed by atoms with E-state index in [-0.39, 0.29) is 6.10 Å². The van der Waals surface area contributed by atoms with Crippen LogP contribution >= 0.6 is 0 Å². The molecule has 0 aromatic carbocycles. The van der Waals surface area contributed by atoms with Crippen molar-refractivity contribution in [1.29, 1.82) is 0 Å².